The number of nitrogens with two attached hydrogens (primary N) is 1. The Balaban J connectivity index is 1.87. The van der Waals surface area contributed by atoms with Crippen LogP contribution in [0, 0.1) is 0 Å². The molecule has 1 saturated heterocycles. The summed E-state index contributed by atoms with van der Waals surface area (Å²) in [6, 6.07) is 8.16. The molecule has 100 valence electrons. The zero-order chi connectivity index (χ0) is 12.8. The molecule has 1 aliphatic rings. The van der Waals surface area contributed by atoms with Crippen LogP contribution in [0.4, 0.5) is 0 Å². The molecule has 0 saturated carbocycles. The van der Waals surface area contributed by atoms with Gasteiger partial charge in [0.25, 0.3) is 0 Å². The van der Waals surface area contributed by atoms with Gasteiger partial charge in [-0.2, -0.15) is 0 Å². The number of rotatable bonds is 4. The quantitative estimate of drug-likeness (QED) is 0.903. The van der Waals surface area contributed by atoms with Crippen LogP contribution in [0.2, 0.25) is 5.02 Å². The van der Waals surface area contributed by atoms with Gasteiger partial charge in [-0.05, 0) is 37.2 Å². The number of hydrogen-bond acceptors (Lipinski definition) is 3. The Kier molecular flexibility index (Phi) is 5.45. The van der Waals surface area contributed by atoms with Crippen LogP contribution < -0.4 is 5.73 Å². The van der Waals surface area contributed by atoms with Crippen molar-refractivity contribution in [2.45, 2.75) is 13.0 Å². The monoisotopic (exact) mass is 267 g/mol. The molecule has 1 aromatic carbocycles. The molecule has 0 spiro atoms. The first-order valence-electron chi connectivity index (χ1n) is 6.67. The molecule has 3 nitrogen and oxygen atoms in total. The fourth-order valence-corrected chi connectivity index (χ4v) is 2.70. The maximum absolute atomic E-state index is 6.02. The summed E-state index contributed by atoms with van der Waals surface area (Å²) in [4.78, 5) is 4.96. The lowest BCUT2D eigenvalue weighted by molar-refractivity contribution is 0.255. The fraction of sp³-hybridized carbons (Fsp3) is 0.571. The minimum absolute atomic E-state index is 0.758. The zero-order valence-electron chi connectivity index (χ0n) is 10.8. The van der Waals surface area contributed by atoms with Crippen molar-refractivity contribution in [1.82, 2.24) is 9.80 Å². The first-order chi connectivity index (χ1) is 8.78. The molecule has 2 N–H and O–H groups in total. The van der Waals surface area contributed by atoms with E-state index in [4.69, 9.17) is 17.3 Å². The summed E-state index contributed by atoms with van der Waals surface area (Å²) in [5.74, 6) is 0. The van der Waals surface area contributed by atoms with Gasteiger partial charge in [0.2, 0.25) is 0 Å². The third kappa shape index (κ3) is 4.25. The summed E-state index contributed by atoms with van der Waals surface area (Å²) >= 11 is 6.02. The highest BCUT2D eigenvalue weighted by atomic mass is 35.5. The Bertz CT molecular complexity index is 370. The Morgan fingerprint density at radius 3 is 2.67 bits per heavy atom. The highest BCUT2D eigenvalue weighted by molar-refractivity contribution is 6.30. The SMILES string of the molecule is NCCN1CCCN(Cc2cccc(Cl)c2)CC1. The molecule has 0 atom stereocenters. The summed E-state index contributed by atoms with van der Waals surface area (Å²) in [7, 11) is 0. The molecular formula is C14H22ClN3. The Morgan fingerprint density at radius 2 is 1.89 bits per heavy atom. The van der Waals surface area contributed by atoms with Gasteiger partial charge in [0.05, 0.1) is 0 Å². The van der Waals surface area contributed by atoms with Gasteiger partial charge in [-0.1, -0.05) is 23.7 Å². The highest BCUT2D eigenvalue weighted by Gasteiger charge is 2.14. The molecule has 1 aliphatic heterocycles. The largest absolute Gasteiger partial charge is 0.329 e. The van der Waals surface area contributed by atoms with Gasteiger partial charge in [-0.25, -0.2) is 0 Å². The van der Waals surface area contributed by atoms with E-state index in [-0.39, 0.29) is 0 Å². The van der Waals surface area contributed by atoms with E-state index >= 15 is 0 Å². The fourth-order valence-electron chi connectivity index (χ4n) is 2.48. The summed E-state index contributed by atoms with van der Waals surface area (Å²) in [6.45, 7) is 7.34. The summed E-state index contributed by atoms with van der Waals surface area (Å²) in [5.41, 5.74) is 6.92. The molecule has 4 heteroatoms. The van der Waals surface area contributed by atoms with Crippen molar-refractivity contribution in [3.05, 3.63) is 34.9 Å². The lowest BCUT2D eigenvalue weighted by Gasteiger charge is -2.21. The lowest BCUT2D eigenvalue weighted by atomic mass is 10.2. The van der Waals surface area contributed by atoms with Crippen LogP contribution in [-0.2, 0) is 6.54 Å². The minimum atomic E-state index is 0.758. The number of benzene rings is 1. The predicted molar refractivity (Wildman–Crippen MR) is 76.8 cm³/mol. The molecule has 1 aromatic rings. The molecule has 18 heavy (non-hydrogen) atoms. The lowest BCUT2D eigenvalue weighted by Crippen LogP contribution is -2.33. The molecule has 2 rings (SSSR count). The van der Waals surface area contributed by atoms with E-state index in [1.165, 1.54) is 18.5 Å². The smallest absolute Gasteiger partial charge is 0.0409 e. The molecule has 1 heterocycles. The topological polar surface area (TPSA) is 32.5 Å². The van der Waals surface area contributed by atoms with E-state index in [1.807, 2.05) is 12.1 Å². The van der Waals surface area contributed by atoms with Gasteiger partial charge in [-0.15, -0.1) is 0 Å². The minimum Gasteiger partial charge on any atom is -0.329 e. The van der Waals surface area contributed by atoms with Crippen LogP contribution in [-0.4, -0.2) is 49.1 Å². The van der Waals surface area contributed by atoms with Crippen LogP contribution in [0.1, 0.15) is 12.0 Å². The Hall–Kier alpha value is -0.610. The van der Waals surface area contributed by atoms with Crippen molar-refractivity contribution >= 4 is 11.6 Å². The summed E-state index contributed by atoms with van der Waals surface area (Å²) in [5, 5.41) is 0.826. The molecule has 0 unspecified atom stereocenters. The van der Waals surface area contributed by atoms with Gasteiger partial charge < -0.3 is 10.6 Å². The van der Waals surface area contributed by atoms with Crippen LogP contribution in [0.5, 0.6) is 0 Å². The van der Waals surface area contributed by atoms with Crippen molar-refractivity contribution in [2.75, 3.05) is 39.3 Å². The van der Waals surface area contributed by atoms with Gasteiger partial charge in [0.15, 0.2) is 0 Å². The number of hydrogen-bond donors (Lipinski definition) is 1. The third-order valence-corrected chi connectivity index (χ3v) is 3.66. The molecule has 0 bridgehead atoms. The Labute approximate surface area is 115 Å². The second kappa shape index (κ2) is 7.10. The van der Waals surface area contributed by atoms with Crippen molar-refractivity contribution in [3.63, 3.8) is 0 Å². The third-order valence-electron chi connectivity index (χ3n) is 3.42. The van der Waals surface area contributed by atoms with Crippen molar-refractivity contribution < 1.29 is 0 Å². The highest BCUT2D eigenvalue weighted by Crippen LogP contribution is 2.14. The first kappa shape index (κ1) is 13.8. The average molecular weight is 268 g/mol. The van der Waals surface area contributed by atoms with E-state index in [9.17, 15) is 0 Å². The Morgan fingerprint density at radius 1 is 1.11 bits per heavy atom. The zero-order valence-corrected chi connectivity index (χ0v) is 11.6. The van der Waals surface area contributed by atoms with Gasteiger partial charge in [-0.3, -0.25) is 4.90 Å². The van der Waals surface area contributed by atoms with Crippen molar-refractivity contribution in [1.29, 1.82) is 0 Å². The maximum atomic E-state index is 6.02. The average Bonchev–Trinajstić information content (AvgIpc) is 2.56. The predicted octanol–water partition coefficient (Wildman–Crippen LogP) is 1.81. The van der Waals surface area contributed by atoms with Gasteiger partial charge in [0.1, 0.15) is 0 Å². The van der Waals surface area contributed by atoms with Crippen molar-refractivity contribution in [3.8, 4) is 0 Å². The van der Waals surface area contributed by atoms with E-state index in [0.29, 0.717) is 0 Å². The summed E-state index contributed by atoms with van der Waals surface area (Å²) < 4.78 is 0. The summed E-state index contributed by atoms with van der Waals surface area (Å²) in [6.07, 6.45) is 1.22. The van der Waals surface area contributed by atoms with Gasteiger partial charge in [0, 0.05) is 37.7 Å². The molecular weight excluding hydrogens is 246 g/mol. The van der Waals surface area contributed by atoms with E-state index in [1.54, 1.807) is 0 Å². The van der Waals surface area contributed by atoms with E-state index in [0.717, 1.165) is 44.3 Å². The van der Waals surface area contributed by atoms with E-state index in [2.05, 4.69) is 21.9 Å². The molecule has 0 amide bonds. The van der Waals surface area contributed by atoms with Gasteiger partial charge >= 0.3 is 0 Å². The number of halogens is 1. The molecule has 0 aliphatic carbocycles. The van der Waals surface area contributed by atoms with Crippen LogP contribution >= 0.6 is 11.6 Å². The van der Waals surface area contributed by atoms with Crippen LogP contribution in [0.3, 0.4) is 0 Å². The van der Waals surface area contributed by atoms with E-state index < -0.39 is 0 Å². The second-order valence-electron chi connectivity index (χ2n) is 4.89. The maximum Gasteiger partial charge on any atom is 0.0409 e. The second-order valence-corrected chi connectivity index (χ2v) is 5.33. The number of nitrogens with zero attached hydrogens (tertiary/aromatic N) is 2. The van der Waals surface area contributed by atoms with Crippen molar-refractivity contribution in [2.24, 2.45) is 5.73 Å². The molecule has 0 aromatic heterocycles. The standard InChI is InChI=1S/C14H22ClN3/c15-14-4-1-3-13(11-14)12-18-7-2-6-17(8-5-16)9-10-18/h1,3-4,11H,2,5-10,12,16H2. The normalized spacial score (nSPS) is 18.8. The molecule has 1 fully saturated rings. The first-order valence-corrected chi connectivity index (χ1v) is 7.05. The van der Waals surface area contributed by atoms with Crippen LogP contribution in [0.25, 0.3) is 0 Å². The van der Waals surface area contributed by atoms with Crippen LogP contribution in [0.15, 0.2) is 24.3 Å². The molecule has 0 radical (unpaired) electrons.